The molecule has 1 aliphatic heterocycles. The molecule has 0 spiro atoms. The largest absolute Gasteiger partial charge is 0.339 e. The summed E-state index contributed by atoms with van der Waals surface area (Å²) in [5, 5.41) is 7.32. The van der Waals surface area contributed by atoms with Gasteiger partial charge in [0.15, 0.2) is 5.82 Å². The molecule has 3 N–H and O–H groups in total. The van der Waals surface area contributed by atoms with Crippen LogP contribution < -0.4 is 11.1 Å². The van der Waals surface area contributed by atoms with Crippen molar-refractivity contribution in [3.05, 3.63) is 11.7 Å². The number of piperidine rings is 1. The lowest BCUT2D eigenvalue weighted by atomic mass is 9.88. The van der Waals surface area contributed by atoms with Gasteiger partial charge >= 0.3 is 0 Å². The molecule has 1 aliphatic rings. The summed E-state index contributed by atoms with van der Waals surface area (Å²) in [4.78, 5) is 4.45. The third kappa shape index (κ3) is 2.10. The standard InChI is InChI=1S/C11H20N4O/c1-10(2,3)9-14-8(15-16-9)11(12)4-6-13-7-5-11/h13H,4-7,12H2,1-3H3. The van der Waals surface area contributed by atoms with Gasteiger partial charge in [0.25, 0.3) is 0 Å². The van der Waals surface area contributed by atoms with E-state index >= 15 is 0 Å². The van der Waals surface area contributed by atoms with E-state index in [1.807, 2.05) is 0 Å². The van der Waals surface area contributed by atoms with Gasteiger partial charge in [-0.3, -0.25) is 0 Å². The number of nitrogens with one attached hydrogen (secondary N) is 1. The molecule has 5 nitrogen and oxygen atoms in total. The van der Waals surface area contributed by atoms with Crippen molar-refractivity contribution in [3.63, 3.8) is 0 Å². The van der Waals surface area contributed by atoms with Crippen LogP contribution in [0.1, 0.15) is 45.3 Å². The minimum Gasteiger partial charge on any atom is -0.339 e. The molecular formula is C11H20N4O. The first-order chi connectivity index (χ1) is 7.42. The monoisotopic (exact) mass is 224 g/mol. The zero-order valence-corrected chi connectivity index (χ0v) is 10.2. The number of nitrogens with zero attached hydrogens (tertiary/aromatic N) is 2. The highest BCUT2D eigenvalue weighted by Crippen LogP contribution is 2.28. The fourth-order valence-corrected chi connectivity index (χ4v) is 1.83. The number of nitrogens with two attached hydrogens (primary N) is 1. The third-order valence-corrected chi connectivity index (χ3v) is 3.01. The summed E-state index contributed by atoms with van der Waals surface area (Å²) < 4.78 is 5.29. The molecule has 1 fully saturated rings. The van der Waals surface area contributed by atoms with E-state index in [1.54, 1.807) is 0 Å². The van der Waals surface area contributed by atoms with Crippen molar-refractivity contribution < 1.29 is 4.52 Å². The van der Waals surface area contributed by atoms with E-state index in [0.717, 1.165) is 25.9 Å². The van der Waals surface area contributed by atoms with E-state index in [9.17, 15) is 0 Å². The van der Waals surface area contributed by atoms with Crippen LogP contribution in [0.15, 0.2) is 4.52 Å². The van der Waals surface area contributed by atoms with Crippen LogP contribution in [0.3, 0.4) is 0 Å². The average molecular weight is 224 g/mol. The van der Waals surface area contributed by atoms with Crippen LogP contribution in [0.25, 0.3) is 0 Å². The highest BCUT2D eigenvalue weighted by molar-refractivity contribution is 5.08. The van der Waals surface area contributed by atoms with Gasteiger partial charge in [-0.05, 0) is 25.9 Å². The summed E-state index contributed by atoms with van der Waals surface area (Å²) in [7, 11) is 0. The second-order valence-electron chi connectivity index (χ2n) is 5.58. The van der Waals surface area contributed by atoms with Gasteiger partial charge in [-0.15, -0.1) is 0 Å². The van der Waals surface area contributed by atoms with Crippen molar-refractivity contribution in [2.75, 3.05) is 13.1 Å². The lowest BCUT2D eigenvalue weighted by Gasteiger charge is -2.30. The third-order valence-electron chi connectivity index (χ3n) is 3.01. The minimum atomic E-state index is -0.418. The highest BCUT2D eigenvalue weighted by Gasteiger charge is 2.35. The predicted molar refractivity (Wildman–Crippen MR) is 61.0 cm³/mol. The zero-order valence-electron chi connectivity index (χ0n) is 10.2. The number of aromatic nitrogens is 2. The van der Waals surface area contributed by atoms with E-state index in [-0.39, 0.29) is 5.41 Å². The summed E-state index contributed by atoms with van der Waals surface area (Å²) in [6, 6.07) is 0. The molecule has 0 radical (unpaired) electrons. The number of hydrogen-bond donors (Lipinski definition) is 2. The topological polar surface area (TPSA) is 77.0 Å². The highest BCUT2D eigenvalue weighted by atomic mass is 16.5. The quantitative estimate of drug-likeness (QED) is 0.741. The van der Waals surface area contributed by atoms with E-state index in [4.69, 9.17) is 10.3 Å². The van der Waals surface area contributed by atoms with Gasteiger partial charge in [-0.2, -0.15) is 4.98 Å². The molecule has 1 aromatic rings. The SMILES string of the molecule is CC(C)(C)c1nc(C2(N)CCNCC2)no1. The van der Waals surface area contributed by atoms with Gasteiger partial charge in [0.1, 0.15) is 0 Å². The molecule has 5 heteroatoms. The Balaban J connectivity index is 2.24. The Bertz CT molecular complexity index is 360. The first kappa shape index (κ1) is 11.5. The summed E-state index contributed by atoms with van der Waals surface area (Å²) in [6.07, 6.45) is 1.71. The molecule has 0 aliphatic carbocycles. The second-order valence-corrected chi connectivity index (χ2v) is 5.58. The normalized spacial score (nSPS) is 21.0. The van der Waals surface area contributed by atoms with Crippen molar-refractivity contribution in [2.45, 2.75) is 44.6 Å². The van der Waals surface area contributed by atoms with Crippen LogP contribution in [-0.4, -0.2) is 23.2 Å². The fourth-order valence-electron chi connectivity index (χ4n) is 1.83. The maximum Gasteiger partial charge on any atom is 0.232 e. The smallest absolute Gasteiger partial charge is 0.232 e. The van der Waals surface area contributed by atoms with Gasteiger partial charge in [0, 0.05) is 5.41 Å². The van der Waals surface area contributed by atoms with Crippen LogP contribution in [-0.2, 0) is 11.0 Å². The molecule has 0 aromatic carbocycles. The molecule has 0 bridgehead atoms. The van der Waals surface area contributed by atoms with E-state index < -0.39 is 5.54 Å². The molecule has 0 atom stereocenters. The van der Waals surface area contributed by atoms with Crippen LogP contribution >= 0.6 is 0 Å². The number of hydrogen-bond acceptors (Lipinski definition) is 5. The maximum absolute atomic E-state index is 6.31. The van der Waals surface area contributed by atoms with Gasteiger partial charge in [-0.1, -0.05) is 25.9 Å². The minimum absolute atomic E-state index is 0.117. The van der Waals surface area contributed by atoms with Crippen LogP contribution in [0.4, 0.5) is 0 Å². The molecule has 2 rings (SSSR count). The van der Waals surface area contributed by atoms with Crippen molar-refractivity contribution in [1.82, 2.24) is 15.5 Å². The Kier molecular flexibility index (Phi) is 2.75. The molecule has 0 unspecified atom stereocenters. The summed E-state index contributed by atoms with van der Waals surface area (Å²) in [5.74, 6) is 1.31. The molecular weight excluding hydrogens is 204 g/mol. The lowest BCUT2D eigenvalue weighted by molar-refractivity contribution is 0.278. The Hall–Kier alpha value is -0.940. The number of rotatable bonds is 1. The predicted octanol–water partition coefficient (Wildman–Crippen LogP) is 0.904. The van der Waals surface area contributed by atoms with Crippen molar-refractivity contribution >= 4 is 0 Å². The molecule has 1 aromatic heterocycles. The molecule has 0 amide bonds. The Morgan fingerprint density at radius 1 is 1.31 bits per heavy atom. The fraction of sp³-hybridized carbons (Fsp3) is 0.818. The van der Waals surface area contributed by atoms with Crippen molar-refractivity contribution in [2.24, 2.45) is 5.73 Å². The van der Waals surface area contributed by atoms with Gasteiger partial charge in [0.2, 0.25) is 5.89 Å². The Morgan fingerprint density at radius 3 is 2.44 bits per heavy atom. The van der Waals surface area contributed by atoms with Crippen LogP contribution in [0, 0.1) is 0 Å². The molecule has 0 saturated carbocycles. The van der Waals surface area contributed by atoms with Crippen molar-refractivity contribution in [3.8, 4) is 0 Å². The van der Waals surface area contributed by atoms with Crippen LogP contribution in [0.2, 0.25) is 0 Å². The molecule has 2 heterocycles. The Labute approximate surface area is 95.8 Å². The first-order valence-corrected chi connectivity index (χ1v) is 5.76. The van der Waals surface area contributed by atoms with Crippen LogP contribution in [0.5, 0.6) is 0 Å². The van der Waals surface area contributed by atoms with Gasteiger partial charge in [0.05, 0.1) is 5.54 Å². The summed E-state index contributed by atoms with van der Waals surface area (Å²) in [5.41, 5.74) is 5.78. The summed E-state index contributed by atoms with van der Waals surface area (Å²) in [6.45, 7) is 7.98. The Morgan fingerprint density at radius 2 is 1.94 bits per heavy atom. The summed E-state index contributed by atoms with van der Waals surface area (Å²) >= 11 is 0. The average Bonchev–Trinajstić information content (AvgIpc) is 2.67. The molecule has 16 heavy (non-hydrogen) atoms. The lowest BCUT2D eigenvalue weighted by Crippen LogP contribution is -2.47. The van der Waals surface area contributed by atoms with E-state index in [0.29, 0.717) is 11.7 Å². The zero-order chi connectivity index (χ0) is 11.8. The molecule has 90 valence electrons. The van der Waals surface area contributed by atoms with E-state index in [2.05, 4.69) is 36.2 Å². The van der Waals surface area contributed by atoms with Crippen molar-refractivity contribution in [1.29, 1.82) is 0 Å². The van der Waals surface area contributed by atoms with Gasteiger partial charge < -0.3 is 15.6 Å². The second kappa shape index (κ2) is 3.82. The maximum atomic E-state index is 6.31. The first-order valence-electron chi connectivity index (χ1n) is 5.76. The van der Waals surface area contributed by atoms with E-state index in [1.165, 1.54) is 0 Å². The van der Waals surface area contributed by atoms with Gasteiger partial charge in [-0.25, -0.2) is 0 Å². The molecule has 1 saturated heterocycles.